The molecular weight excluding hydrogens is 518 g/mol. The van der Waals surface area contributed by atoms with E-state index >= 15 is 0 Å². The lowest BCUT2D eigenvalue weighted by atomic mass is 10.1. The van der Waals surface area contributed by atoms with Crippen LogP contribution in [0.3, 0.4) is 0 Å². The van der Waals surface area contributed by atoms with E-state index in [1.165, 1.54) is 23.1 Å². The summed E-state index contributed by atoms with van der Waals surface area (Å²) in [6.07, 6.45) is 0. The zero-order valence-electron chi connectivity index (χ0n) is 20.6. The number of aromatic nitrogens is 2. The number of methoxy groups -OCH3 is 1. The average molecular weight is 544 g/mol. The number of thioether (sulfide) groups is 1. The van der Waals surface area contributed by atoms with Gasteiger partial charge < -0.3 is 14.8 Å². The first-order chi connectivity index (χ1) is 18.6. The van der Waals surface area contributed by atoms with Gasteiger partial charge in [0, 0.05) is 10.9 Å². The molecule has 7 nitrogen and oxygen atoms in total. The standard InChI is InChI=1S/C29H25N3O4S2/c1-35-22-14-12-20(13-15-22)24-18-37-27-26(24)28(34)32(21-8-4-2-5-9-21)29(31-27)38-19-25(33)30-16-17-36-23-10-6-3-7-11-23/h2-15,18H,16-17,19H2,1H3,(H,30,33). The number of hydrogen-bond acceptors (Lipinski definition) is 7. The quantitative estimate of drug-likeness (QED) is 0.144. The topological polar surface area (TPSA) is 82.4 Å². The van der Waals surface area contributed by atoms with Crippen molar-refractivity contribution in [2.75, 3.05) is 26.0 Å². The number of para-hydroxylation sites is 2. The van der Waals surface area contributed by atoms with Crippen molar-refractivity contribution >= 4 is 39.2 Å². The number of benzene rings is 3. The van der Waals surface area contributed by atoms with Gasteiger partial charge in [0.25, 0.3) is 5.56 Å². The number of amides is 1. The fraction of sp³-hybridized carbons (Fsp3) is 0.138. The van der Waals surface area contributed by atoms with Gasteiger partial charge in [-0.3, -0.25) is 14.2 Å². The molecule has 3 aromatic carbocycles. The van der Waals surface area contributed by atoms with E-state index in [4.69, 9.17) is 14.5 Å². The highest BCUT2D eigenvalue weighted by Crippen LogP contribution is 2.33. The second kappa shape index (κ2) is 12.0. The third-order valence-corrected chi connectivity index (χ3v) is 7.57. The number of hydrogen-bond donors (Lipinski definition) is 1. The molecule has 0 aliphatic carbocycles. The van der Waals surface area contributed by atoms with Crippen LogP contribution < -0.4 is 20.3 Å². The summed E-state index contributed by atoms with van der Waals surface area (Å²) < 4.78 is 12.5. The Kier molecular flexibility index (Phi) is 8.06. The lowest BCUT2D eigenvalue weighted by Crippen LogP contribution is -2.30. The van der Waals surface area contributed by atoms with Gasteiger partial charge in [0.05, 0.1) is 30.5 Å². The summed E-state index contributed by atoms with van der Waals surface area (Å²) in [5, 5.41) is 5.83. The minimum absolute atomic E-state index is 0.118. The molecular formula is C29H25N3O4S2. The number of thiophene rings is 1. The number of carbonyl (C=O) groups excluding carboxylic acids is 1. The molecule has 0 spiro atoms. The average Bonchev–Trinajstić information content (AvgIpc) is 3.40. The summed E-state index contributed by atoms with van der Waals surface area (Å²) in [7, 11) is 1.62. The van der Waals surface area contributed by atoms with Crippen LogP contribution in [0.15, 0.2) is 100 Å². The Morgan fingerprint density at radius 3 is 2.39 bits per heavy atom. The summed E-state index contributed by atoms with van der Waals surface area (Å²) in [6, 6.07) is 26.4. The summed E-state index contributed by atoms with van der Waals surface area (Å²) in [5.41, 5.74) is 2.25. The Hall–Kier alpha value is -4.08. The second-order valence-electron chi connectivity index (χ2n) is 8.23. The number of rotatable bonds is 10. The largest absolute Gasteiger partial charge is 0.497 e. The summed E-state index contributed by atoms with van der Waals surface area (Å²) in [6.45, 7) is 0.741. The fourth-order valence-electron chi connectivity index (χ4n) is 3.91. The highest BCUT2D eigenvalue weighted by atomic mass is 32.2. The van der Waals surface area contributed by atoms with E-state index in [1.807, 2.05) is 90.3 Å². The van der Waals surface area contributed by atoms with Crippen molar-refractivity contribution in [2.45, 2.75) is 5.16 Å². The predicted molar refractivity (Wildman–Crippen MR) is 153 cm³/mol. The minimum atomic E-state index is -0.174. The molecule has 0 aliphatic heterocycles. The number of carbonyl (C=O) groups is 1. The Bertz CT molecular complexity index is 1580. The molecule has 5 aromatic rings. The van der Waals surface area contributed by atoms with Crippen LogP contribution in [-0.2, 0) is 4.79 Å². The van der Waals surface area contributed by atoms with Crippen molar-refractivity contribution < 1.29 is 14.3 Å². The summed E-state index contributed by atoms with van der Waals surface area (Å²) in [4.78, 5) is 31.9. The Balaban J connectivity index is 1.38. The van der Waals surface area contributed by atoms with E-state index < -0.39 is 0 Å². The monoisotopic (exact) mass is 543 g/mol. The van der Waals surface area contributed by atoms with Crippen LogP contribution in [0.4, 0.5) is 0 Å². The normalized spacial score (nSPS) is 10.9. The molecule has 2 heterocycles. The van der Waals surface area contributed by atoms with Crippen molar-refractivity contribution in [3.63, 3.8) is 0 Å². The SMILES string of the molecule is COc1ccc(-c2csc3nc(SCC(=O)NCCOc4ccccc4)n(-c4ccccc4)c(=O)c23)cc1. The maximum atomic E-state index is 13.9. The first-order valence-electron chi connectivity index (χ1n) is 12.0. The number of nitrogens with zero attached hydrogens (tertiary/aromatic N) is 2. The molecule has 0 aliphatic rings. The van der Waals surface area contributed by atoms with Gasteiger partial charge in [0.2, 0.25) is 5.91 Å². The molecule has 9 heteroatoms. The predicted octanol–water partition coefficient (Wildman–Crippen LogP) is 5.41. The van der Waals surface area contributed by atoms with Gasteiger partial charge in [0.15, 0.2) is 5.16 Å². The molecule has 5 rings (SSSR count). The van der Waals surface area contributed by atoms with E-state index in [0.29, 0.717) is 34.2 Å². The van der Waals surface area contributed by atoms with E-state index in [9.17, 15) is 9.59 Å². The van der Waals surface area contributed by atoms with Gasteiger partial charge in [-0.25, -0.2) is 4.98 Å². The summed E-state index contributed by atoms with van der Waals surface area (Å²) in [5.74, 6) is 1.46. The van der Waals surface area contributed by atoms with Gasteiger partial charge in [-0.15, -0.1) is 11.3 Å². The number of nitrogens with one attached hydrogen (secondary N) is 1. The molecule has 192 valence electrons. The van der Waals surface area contributed by atoms with Crippen LogP contribution in [-0.4, -0.2) is 41.5 Å². The number of ether oxygens (including phenoxy) is 2. The maximum absolute atomic E-state index is 13.9. The van der Waals surface area contributed by atoms with Crippen molar-refractivity contribution in [2.24, 2.45) is 0 Å². The molecule has 1 N–H and O–H groups in total. The lowest BCUT2D eigenvalue weighted by Gasteiger charge is -2.13. The van der Waals surface area contributed by atoms with E-state index in [1.54, 1.807) is 11.7 Å². The molecule has 0 saturated carbocycles. The number of fused-ring (bicyclic) bond motifs is 1. The highest BCUT2D eigenvalue weighted by Gasteiger charge is 2.19. The van der Waals surface area contributed by atoms with E-state index in [-0.39, 0.29) is 17.2 Å². The van der Waals surface area contributed by atoms with Crippen molar-refractivity contribution in [3.05, 3.63) is 101 Å². The van der Waals surface area contributed by atoms with Crippen molar-refractivity contribution in [3.8, 4) is 28.3 Å². The zero-order valence-corrected chi connectivity index (χ0v) is 22.3. The smallest absolute Gasteiger partial charge is 0.268 e. The van der Waals surface area contributed by atoms with Crippen LogP contribution in [0.25, 0.3) is 27.0 Å². The first kappa shape index (κ1) is 25.6. The molecule has 0 radical (unpaired) electrons. The van der Waals surface area contributed by atoms with Crippen LogP contribution in [0, 0.1) is 0 Å². The Morgan fingerprint density at radius 2 is 1.68 bits per heavy atom. The molecule has 0 fully saturated rings. The van der Waals surface area contributed by atoms with Crippen molar-refractivity contribution in [1.29, 1.82) is 0 Å². The fourth-order valence-corrected chi connectivity index (χ4v) is 5.74. The van der Waals surface area contributed by atoms with Crippen LogP contribution in [0.5, 0.6) is 11.5 Å². The molecule has 0 bridgehead atoms. The zero-order chi connectivity index (χ0) is 26.3. The molecule has 0 saturated heterocycles. The third-order valence-electron chi connectivity index (χ3n) is 5.76. The third kappa shape index (κ3) is 5.74. The molecule has 38 heavy (non-hydrogen) atoms. The van der Waals surface area contributed by atoms with E-state index in [2.05, 4.69) is 5.32 Å². The molecule has 1 amide bonds. The second-order valence-corrected chi connectivity index (χ2v) is 10.0. The van der Waals surface area contributed by atoms with Crippen LogP contribution >= 0.6 is 23.1 Å². The maximum Gasteiger partial charge on any atom is 0.268 e. The Labute approximate surface area is 228 Å². The van der Waals surface area contributed by atoms with Gasteiger partial charge >= 0.3 is 0 Å². The Morgan fingerprint density at radius 1 is 0.974 bits per heavy atom. The van der Waals surface area contributed by atoms with Gasteiger partial charge in [-0.1, -0.05) is 60.3 Å². The molecule has 0 unspecified atom stereocenters. The van der Waals surface area contributed by atoms with Crippen LogP contribution in [0.1, 0.15) is 0 Å². The van der Waals surface area contributed by atoms with Gasteiger partial charge in [-0.05, 0) is 42.0 Å². The van der Waals surface area contributed by atoms with Gasteiger partial charge in [-0.2, -0.15) is 0 Å². The first-order valence-corrected chi connectivity index (χ1v) is 13.8. The molecule has 0 atom stereocenters. The summed E-state index contributed by atoms with van der Waals surface area (Å²) >= 11 is 2.65. The van der Waals surface area contributed by atoms with E-state index in [0.717, 1.165) is 22.6 Å². The molecule has 2 aromatic heterocycles. The minimum Gasteiger partial charge on any atom is -0.497 e. The van der Waals surface area contributed by atoms with Crippen LogP contribution in [0.2, 0.25) is 0 Å². The van der Waals surface area contributed by atoms with Crippen molar-refractivity contribution in [1.82, 2.24) is 14.9 Å². The van der Waals surface area contributed by atoms with Gasteiger partial charge in [0.1, 0.15) is 22.9 Å². The highest BCUT2D eigenvalue weighted by molar-refractivity contribution is 7.99. The lowest BCUT2D eigenvalue weighted by molar-refractivity contribution is -0.118.